The zero-order chi connectivity index (χ0) is 13.8. The molecule has 0 aliphatic rings. The molecule has 0 aliphatic carbocycles. The lowest BCUT2D eigenvalue weighted by atomic mass is 10.1. The summed E-state index contributed by atoms with van der Waals surface area (Å²) in [6, 6.07) is 13.8. The van der Waals surface area contributed by atoms with Crippen molar-refractivity contribution in [3.05, 3.63) is 64.7 Å². The van der Waals surface area contributed by atoms with E-state index in [1.54, 1.807) is 42.5 Å². The first kappa shape index (κ1) is 13.3. The van der Waals surface area contributed by atoms with Crippen LogP contribution in [0.1, 0.15) is 27.6 Å². The molecule has 0 fully saturated rings. The van der Waals surface area contributed by atoms with Crippen LogP contribution in [0, 0.1) is 0 Å². The first-order valence-electron chi connectivity index (χ1n) is 5.75. The lowest BCUT2D eigenvalue weighted by Crippen LogP contribution is -2.12. The summed E-state index contributed by atoms with van der Waals surface area (Å²) in [5, 5.41) is 2.96. The number of amides is 1. The van der Waals surface area contributed by atoms with Crippen LogP contribution in [0.25, 0.3) is 0 Å². The molecule has 1 N–H and O–H groups in total. The van der Waals surface area contributed by atoms with Crippen molar-refractivity contribution < 1.29 is 9.59 Å². The Morgan fingerprint density at radius 2 is 1.68 bits per heavy atom. The normalized spacial score (nSPS) is 10.0. The highest BCUT2D eigenvalue weighted by molar-refractivity contribution is 6.37. The molecule has 0 saturated heterocycles. The van der Waals surface area contributed by atoms with Crippen molar-refractivity contribution in [1.82, 2.24) is 0 Å². The van der Waals surface area contributed by atoms with E-state index in [9.17, 15) is 9.59 Å². The molecule has 4 heteroatoms. The third kappa shape index (κ3) is 3.01. The van der Waals surface area contributed by atoms with Crippen molar-refractivity contribution in [1.29, 1.82) is 0 Å². The first-order chi connectivity index (χ1) is 9.09. The summed E-state index contributed by atoms with van der Waals surface area (Å²) >= 11 is 6.10. The molecule has 0 unspecified atom stereocenters. The SMILES string of the molecule is CC(=O)c1cccc(NC(=O)c2ccccc2)c1Cl. The fourth-order valence-electron chi connectivity index (χ4n) is 1.68. The quantitative estimate of drug-likeness (QED) is 0.865. The van der Waals surface area contributed by atoms with E-state index in [1.165, 1.54) is 6.92 Å². The Labute approximate surface area is 116 Å². The monoisotopic (exact) mass is 273 g/mol. The van der Waals surface area contributed by atoms with E-state index in [4.69, 9.17) is 11.6 Å². The average molecular weight is 274 g/mol. The third-order valence-corrected chi connectivity index (χ3v) is 3.07. The van der Waals surface area contributed by atoms with Crippen molar-refractivity contribution >= 4 is 29.0 Å². The molecular weight excluding hydrogens is 262 g/mol. The van der Waals surface area contributed by atoms with Crippen molar-refractivity contribution in [2.45, 2.75) is 6.92 Å². The first-order valence-corrected chi connectivity index (χ1v) is 6.13. The number of anilines is 1. The van der Waals surface area contributed by atoms with Crippen molar-refractivity contribution in [2.75, 3.05) is 5.32 Å². The summed E-state index contributed by atoms with van der Waals surface area (Å²) in [4.78, 5) is 23.4. The van der Waals surface area contributed by atoms with Gasteiger partial charge in [0.05, 0.1) is 10.7 Å². The van der Waals surface area contributed by atoms with Gasteiger partial charge in [0, 0.05) is 11.1 Å². The predicted octanol–water partition coefficient (Wildman–Crippen LogP) is 3.79. The van der Waals surface area contributed by atoms with Gasteiger partial charge < -0.3 is 5.32 Å². The van der Waals surface area contributed by atoms with Gasteiger partial charge in [0.1, 0.15) is 0 Å². The molecule has 0 bridgehead atoms. The van der Waals surface area contributed by atoms with Gasteiger partial charge in [-0.15, -0.1) is 0 Å². The number of rotatable bonds is 3. The van der Waals surface area contributed by atoms with Gasteiger partial charge in [-0.25, -0.2) is 0 Å². The number of carbonyl (C=O) groups excluding carboxylic acids is 2. The van der Waals surface area contributed by atoms with Gasteiger partial charge >= 0.3 is 0 Å². The molecule has 0 saturated carbocycles. The second-order valence-corrected chi connectivity index (χ2v) is 4.42. The molecule has 2 aromatic carbocycles. The number of ketones is 1. The molecule has 2 rings (SSSR count). The number of hydrogen-bond donors (Lipinski definition) is 1. The van der Waals surface area contributed by atoms with Gasteiger partial charge in [0.2, 0.25) is 0 Å². The summed E-state index contributed by atoms with van der Waals surface area (Å²) in [5.74, 6) is -0.399. The Bertz CT molecular complexity index is 623. The van der Waals surface area contributed by atoms with E-state index >= 15 is 0 Å². The van der Waals surface area contributed by atoms with Gasteiger partial charge in [-0.1, -0.05) is 35.9 Å². The highest BCUT2D eigenvalue weighted by atomic mass is 35.5. The topological polar surface area (TPSA) is 46.2 Å². The van der Waals surface area contributed by atoms with Crippen LogP contribution in [-0.2, 0) is 0 Å². The molecule has 2 aromatic rings. The molecule has 96 valence electrons. The average Bonchev–Trinajstić information content (AvgIpc) is 2.41. The van der Waals surface area contributed by atoms with Crippen LogP contribution >= 0.6 is 11.6 Å². The van der Waals surface area contributed by atoms with Gasteiger partial charge in [-0.05, 0) is 31.2 Å². The fraction of sp³-hybridized carbons (Fsp3) is 0.0667. The molecule has 0 radical (unpaired) electrons. The molecule has 19 heavy (non-hydrogen) atoms. The Morgan fingerprint density at radius 3 is 2.32 bits per heavy atom. The number of Topliss-reactive ketones (excluding diaryl/α,β-unsaturated/α-hetero) is 1. The smallest absolute Gasteiger partial charge is 0.255 e. The van der Waals surface area contributed by atoms with Crippen LogP contribution in [0.3, 0.4) is 0 Å². The highest BCUT2D eigenvalue weighted by Crippen LogP contribution is 2.26. The Morgan fingerprint density at radius 1 is 1.00 bits per heavy atom. The minimum absolute atomic E-state index is 0.138. The number of carbonyl (C=O) groups is 2. The van der Waals surface area contributed by atoms with Gasteiger partial charge in [-0.3, -0.25) is 9.59 Å². The number of nitrogens with one attached hydrogen (secondary N) is 1. The molecule has 0 aliphatic heterocycles. The maximum atomic E-state index is 12.0. The standard InChI is InChI=1S/C15H12ClNO2/c1-10(18)12-8-5-9-13(14(12)16)17-15(19)11-6-3-2-4-7-11/h2-9H,1H3,(H,17,19). The van der Waals surface area contributed by atoms with Gasteiger partial charge in [0.25, 0.3) is 5.91 Å². The van der Waals surface area contributed by atoms with Crippen LogP contribution in [0.2, 0.25) is 5.02 Å². The Kier molecular flexibility index (Phi) is 3.97. The van der Waals surface area contributed by atoms with Gasteiger partial charge in [0.15, 0.2) is 5.78 Å². The summed E-state index contributed by atoms with van der Waals surface area (Å²) in [6.45, 7) is 1.43. The Balaban J connectivity index is 2.27. The van der Waals surface area contributed by atoms with Crippen LogP contribution in [0.15, 0.2) is 48.5 Å². The van der Waals surface area contributed by atoms with E-state index in [0.717, 1.165) is 0 Å². The maximum absolute atomic E-state index is 12.0. The molecule has 1 amide bonds. The predicted molar refractivity (Wildman–Crippen MR) is 75.9 cm³/mol. The molecule has 0 aromatic heterocycles. The summed E-state index contributed by atoms with van der Waals surface area (Å²) < 4.78 is 0. The summed E-state index contributed by atoms with van der Waals surface area (Å²) in [5.41, 5.74) is 1.36. The van der Waals surface area contributed by atoms with E-state index in [1.807, 2.05) is 6.07 Å². The fourth-order valence-corrected chi connectivity index (χ4v) is 1.99. The van der Waals surface area contributed by atoms with Crippen molar-refractivity contribution in [3.8, 4) is 0 Å². The maximum Gasteiger partial charge on any atom is 0.255 e. The molecule has 3 nitrogen and oxygen atoms in total. The zero-order valence-electron chi connectivity index (χ0n) is 10.3. The minimum atomic E-state index is -0.261. The van der Waals surface area contributed by atoms with Crippen molar-refractivity contribution in [2.24, 2.45) is 0 Å². The van der Waals surface area contributed by atoms with E-state index in [0.29, 0.717) is 16.8 Å². The second-order valence-electron chi connectivity index (χ2n) is 4.04. The van der Waals surface area contributed by atoms with Crippen LogP contribution in [-0.4, -0.2) is 11.7 Å². The zero-order valence-corrected chi connectivity index (χ0v) is 11.1. The third-order valence-electron chi connectivity index (χ3n) is 2.66. The minimum Gasteiger partial charge on any atom is -0.321 e. The highest BCUT2D eigenvalue weighted by Gasteiger charge is 2.12. The van der Waals surface area contributed by atoms with Crippen LogP contribution in [0.4, 0.5) is 5.69 Å². The number of benzene rings is 2. The van der Waals surface area contributed by atoms with Crippen LogP contribution in [0.5, 0.6) is 0 Å². The number of hydrogen-bond acceptors (Lipinski definition) is 2. The summed E-state index contributed by atoms with van der Waals surface area (Å²) in [7, 11) is 0. The van der Waals surface area contributed by atoms with E-state index in [2.05, 4.69) is 5.32 Å². The van der Waals surface area contributed by atoms with Crippen molar-refractivity contribution in [3.63, 3.8) is 0 Å². The number of halogens is 1. The van der Waals surface area contributed by atoms with Crippen LogP contribution < -0.4 is 5.32 Å². The van der Waals surface area contributed by atoms with E-state index < -0.39 is 0 Å². The van der Waals surface area contributed by atoms with E-state index in [-0.39, 0.29) is 16.7 Å². The lowest BCUT2D eigenvalue weighted by Gasteiger charge is -2.09. The molecule has 0 spiro atoms. The lowest BCUT2D eigenvalue weighted by molar-refractivity contribution is 0.101. The summed E-state index contributed by atoms with van der Waals surface area (Å²) in [6.07, 6.45) is 0. The molecule has 0 atom stereocenters. The second kappa shape index (κ2) is 5.67. The Hall–Kier alpha value is -2.13. The largest absolute Gasteiger partial charge is 0.321 e. The van der Waals surface area contributed by atoms with Gasteiger partial charge in [-0.2, -0.15) is 0 Å². The molecule has 0 heterocycles. The molecular formula is C15H12ClNO2.